The van der Waals surface area contributed by atoms with Crippen LogP contribution in [-0.4, -0.2) is 9.97 Å². The van der Waals surface area contributed by atoms with Crippen molar-refractivity contribution in [2.75, 3.05) is 0 Å². The summed E-state index contributed by atoms with van der Waals surface area (Å²) in [6, 6.07) is 43.1. The Morgan fingerprint density at radius 2 is 1.12 bits per heavy atom. The summed E-state index contributed by atoms with van der Waals surface area (Å²) in [5.41, 5.74) is 8.26. The second kappa shape index (κ2) is 8.48. The van der Waals surface area contributed by atoms with Gasteiger partial charge < -0.3 is 4.42 Å². The van der Waals surface area contributed by atoms with Crippen molar-refractivity contribution in [2.24, 2.45) is 0 Å². The Labute approximate surface area is 235 Å². The molecule has 2 heterocycles. The highest BCUT2D eigenvalue weighted by Gasteiger charge is 2.16. The van der Waals surface area contributed by atoms with Gasteiger partial charge in [-0.2, -0.15) is 0 Å². The lowest BCUT2D eigenvalue weighted by molar-refractivity contribution is 0.670. The number of furan rings is 1. The van der Waals surface area contributed by atoms with Gasteiger partial charge in [0.1, 0.15) is 11.2 Å². The molecule has 0 radical (unpaired) electrons. The first-order valence-corrected chi connectivity index (χ1v) is 13.8. The number of nitrogens with zero attached hydrogens (tertiary/aromatic N) is 2. The van der Waals surface area contributed by atoms with E-state index in [1.54, 1.807) is 12.4 Å². The Morgan fingerprint density at radius 3 is 2.00 bits per heavy atom. The maximum Gasteiger partial charge on any atom is 0.143 e. The molecule has 0 saturated carbocycles. The Morgan fingerprint density at radius 1 is 0.439 bits per heavy atom. The Bertz CT molecular complexity index is 2450. The highest BCUT2D eigenvalue weighted by Crippen LogP contribution is 2.40. The largest absolute Gasteiger partial charge is 0.455 e. The highest BCUT2D eigenvalue weighted by atomic mass is 16.3. The Hall–Kier alpha value is -5.54. The van der Waals surface area contributed by atoms with Gasteiger partial charge in [0.15, 0.2) is 0 Å². The molecule has 0 aliphatic rings. The van der Waals surface area contributed by atoms with Crippen molar-refractivity contribution >= 4 is 65.3 Å². The number of hydrogen-bond acceptors (Lipinski definition) is 3. The Balaban J connectivity index is 1.25. The van der Waals surface area contributed by atoms with E-state index >= 15 is 0 Å². The third-order valence-corrected chi connectivity index (χ3v) is 8.34. The molecule has 0 fully saturated rings. The second-order valence-corrected chi connectivity index (χ2v) is 10.6. The van der Waals surface area contributed by atoms with Gasteiger partial charge in [-0.15, -0.1) is 0 Å². The fraction of sp³-hybridized carbons (Fsp3) is 0. The van der Waals surface area contributed by atoms with E-state index in [0.29, 0.717) is 0 Å². The molecule has 0 bridgehead atoms. The first-order valence-electron chi connectivity index (χ1n) is 13.8. The number of para-hydroxylation sites is 1. The third kappa shape index (κ3) is 3.26. The maximum absolute atomic E-state index is 6.53. The summed E-state index contributed by atoms with van der Waals surface area (Å²) < 4.78 is 6.53. The van der Waals surface area contributed by atoms with Crippen molar-refractivity contribution in [1.82, 2.24) is 9.97 Å². The minimum Gasteiger partial charge on any atom is -0.455 e. The Kier molecular flexibility index (Phi) is 4.61. The first kappa shape index (κ1) is 22.3. The van der Waals surface area contributed by atoms with Crippen molar-refractivity contribution < 1.29 is 4.42 Å². The predicted molar refractivity (Wildman–Crippen MR) is 170 cm³/mol. The minimum atomic E-state index is 0.916. The van der Waals surface area contributed by atoms with Gasteiger partial charge in [-0.3, -0.25) is 9.97 Å². The molecule has 3 nitrogen and oxygen atoms in total. The molecule has 0 saturated heterocycles. The molecule has 0 atom stereocenters. The van der Waals surface area contributed by atoms with E-state index in [9.17, 15) is 0 Å². The molecule has 0 aliphatic heterocycles. The molecule has 7 aromatic carbocycles. The van der Waals surface area contributed by atoms with E-state index < -0.39 is 0 Å². The summed E-state index contributed by atoms with van der Waals surface area (Å²) in [5.74, 6) is 0. The number of rotatable bonds is 2. The van der Waals surface area contributed by atoms with E-state index in [2.05, 4.69) is 126 Å². The highest BCUT2D eigenvalue weighted by molar-refractivity contribution is 6.24. The van der Waals surface area contributed by atoms with Gasteiger partial charge in [0.25, 0.3) is 0 Å². The van der Waals surface area contributed by atoms with Crippen molar-refractivity contribution in [2.45, 2.75) is 0 Å². The smallest absolute Gasteiger partial charge is 0.143 e. The molecule has 0 aliphatic carbocycles. The van der Waals surface area contributed by atoms with Crippen molar-refractivity contribution in [3.05, 3.63) is 134 Å². The van der Waals surface area contributed by atoms with Crippen LogP contribution in [0.25, 0.3) is 87.5 Å². The average molecular weight is 523 g/mol. The normalized spacial score (nSPS) is 11.9. The standard InChI is InChI=1S/C38H22N2O/c1-2-10-27-23(7-1)16-18-34-35(27)32-14-6-13-28(38(32)41-34)26-9-5-8-24(21-26)25-15-17-31-33(22-25)29-11-3-4-12-30(29)36-37(31)40-20-19-39-36/h1-22H. The SMILES string of the molecule is c1cc(-c2ccc3c(c2)c2ccccc2c2nccnc32)cc(-c2cccc3c2oc2ccc4ccccc4c23)c1. The molecule has 0 unspecified atom stereocenters. The van der Waals surface area contributed by atoms with Crippen molar-refractivity contribution in [3.63, 3.8) is 0 Å². The van der Waals surface area contributed by atoms with Crippen LogP contribution in [0.15, 0.2) is 138 Å². The summed E-state index contributed by atoms with van der Waals surface area (Å²) >= 11 is 0. The van der Waals surface area contributed by atoms with Gasteiger partial charge in [-0.1, -0.05) is 103 Å². The monoisotopic (exact) mass is 522 g/mol. The van der Waals surface area contributed by atoms with Crippen LogP contribution in [-0.2, 0) is 0 Å². The van der Waals surface area contributed by atoms with Crippen LogP contribution < -0.4 is 0 Å². The number of benzene rings is 7. The van der Waals surface area contributed by atoms with Gasteiger partial charge in [0.05, 0.1) is 11.0 Å². The molecule has 3 heteroatoms. The number of hydrogen-bond donors (Lipinski definition) is 0. The zero-order valence-electron chi connectivity index (χ0n) is 22.0. The quantitative estimate of drug-likeness (QED) is 0.212. The molecule has 190 valence electrons. The molecule has 0 amide bonds. The summed E-state index contributed by atoms with van der Waals surface area (Å²) in [4.78, 5) is 9.38. The molecular formula is C38H22N2O. The molecule has 41 heavy (non-hydrogen) atoms. The summed E-state index contributed by atoms with van der Waals surface area (Å²) in [6.07, 6.45) is 3.54. The van der Waals surface area contributed by atoms with Crippen LogP contribution >= 0.6 is 0 Å². The predicted octanol–water partition coefficient (Wildman–Crippen LogP) is 10.3. The van der Waals surface area contributed by atoms with Gasteiger partial charge in [-0.25, -0.2) is 0 Å². The van der Waals surface area contributed by atoms with E-state index in [-0.39, 0.29) is 0 Å². The number of fused-ring (bicyclic) bond motifs is 11. The van der Waals surface area contributed by atoms with E-state index in [1.807, 2.05) is 0 Å². The van der Waals surface area contributed by atoms with Crippen LogP contribution in [0, 0.1) is 0 Å². The first-order chi connectivity index (χ1) is 20.3. The molecule has 0 N–H and O–H groups in total. The van der Waals surface area contributed by atoms with E-state index in [1.165, 1.54) is 26.9 Å². The maximum atomic E-state index is 6.53. The molecular weight excluding hydrogens is 500 g/mol. The summed E-state index contributed by atoms with van der Waals surface area (Å²) in [5, 5.41) is 9.37. The van der Waals surface area contributed by atoms with Crippen LogP contribution in [0.1, 0.15) is 0 Å². The molecule has 0 spiro atoms. The minimum absolute atomic E-state index is 0.916. The summed E-state index contributed by atoms with van der Waals surface area (Å²) in [6.45, 7) is 0. The van der Waals surface area contributed by atoms with E-state index in [4.69, 9.17) is 9.40 Å². The van der Waals surface area contributed by atoms with Crippen LogP contribution in [0.3, 0.4) is 0 Å². The van der Waals surface area contributed by atoms with E-state index in [0.717, 1.165) is 60.6 Å². The van der Waals surface area contributed by atoms with Gasteiger partial charge in [0.2, 0.25) is 0 Å². The lowest BCUT2D eigenvalue weighted by Crippen LogP contribution is -1.89. The fourth-order valence-corrected chi connectivity index (χ4v) is 6.47. The second-order valence-electron chi connectivity index (χ2n) is 10.6. The van der Waals surface area contributed by atoms with Crippen LogP contribution in [0.4, 0.5) is 0 Å². The lowest BCUT2D eigenvalue weighted by Gasteiger charge is -2.11. The zero-order chi connectivity index (χ0) is 26.9. The van der Waals surface area contributed by atoms with Gasteiger partial charge in [0, 0.05) is 39.5 Å². The fourth-order valence-electron chi connectivity index (χ4n) is 6.47. The molecule has 9 rings (SSSR count). The van der Waals surface area contributed by atoms with Gasteiger partial charge >= 0.3 is 0 Å². The molecule has 9 aromatic rings. The number of aromatic nitrogens is 2. The zero-order valence-corrected chi connectivity index (χ0v) is 22.0. The topological polar surface area (TPSA) is 38.9 Å². The van der Waals surface area contributed by atoms with Crippen LogP contribution in [0.5, 0.6) is 0 Å². The van der Waals surface area contributed by atoms with Crippen molar-refractivity contribution in [3.8, 4) is 22.3 Å². The van der Waals surface area contributed by atoms with Crippen LogP contribution in [0.2, 0.25) is 0 Å². The summed E-state index contributed by atoms with van der Waals surface area (Å²) in [7, 11) is 0. The lowest BCUT2D eigenvalue weighted by atomic mass is 9.94. The third-order valence-electron chi connectivity index (χ3n) is 8.34. The van der Waals surface area contributed by atoms with Gasteiger partial charge in [-0.05, 0) is 56.4 Å². The average Bonchev–Trinajstić information content (AvgIpc) is 3.44. The van der Waals surface area contributed by atoms with Crippen molar-refractivity contribution in [1.29, 1.82) is 0 Å². The molecule has 2 aromatic heterocycles.